The van der Waals surface area contributed by atoms with Gasteiger partial charge in [-0.05, 0) is 56.4 Å². The molecule has 3 aromatic rings. The number of hydrogen-bond donors (Lipinski definition) is 2. The topological polar surface area (TPSA) is 93.0 Å². The van der Waals surface area contributed by atoms with Crippen LogP contribution in [0.15, 0.2) is 27.7 Å². The minimum Gasteiger partial charge on any atom is -0.491 e. The number of aromatic nitrogens is 3. The molecule has 4 rings (SSSR count). The fourth-order valence-electron chi connectivity index (χ4n) is 3.48. The molecule has 1 aliphatic rings. The molecule has 1 aromatic carbocycles. The van der Waals surface area contributed by atoms with Crippen LogP contribution in [0.3, 0.4) is 0 Å². The molecule has 0 saturated heterocycles. The molecule has 1 atom stereocenters. The molecule has 2 aromatic heterocycles. The minimum atomic E-state index is -0.205. The van der Waals surface area contributed by atoms with Gasteiger partial charge in [-0.1, -0.05) is 0 Å². The van der Waals surface area contributed by atoms with Crippen LogP contribution in [0.1, 0.15) is 35.9 Å². The Morgan fingerprint density at radius 2 is 2.19 bits per heavy atom. The van der Waals surface area contributed by atoms with Crippen LogP contribution < -0.4 is 15.7 Å². The molecule has 0 bridgehead atoms. The molecular weight excluding hydrogens is 332 g/mol. The average Bonchev–Trinajstić information content (AvgIpc) is 3.29. The maximum Gasteiger partial charge on any atom is 0.339 e. The lowest BCUT2D eigenvalue weighted by Gasteiger charge is -2.17. The lowest BCUT2D eigenvalue weighted by atomic mass is 10.0. The van der Waals surface area contributed by atoms with Gasteiger partial charge in [0.1, 0.15) is 30.1 Å². The Morgan fingerprint density at radius 1 is 1.35 bits per heavy atom. The normalized spacial score (nSPS) is 14.5. The van der Waals surface area contributed by atoms with Crippen LogP contribution in [0.4, 0.5) is 0 Å². The first-order chi connectivity index (χ1) is 12.6. The summed E-state index contributed by atoms with van der Waals surface area (Å²) in [6.45, 7) is 5.13. The molecular formula is C19H22N4O3. The highest BCUT2D eigenvalue weighted by Crippen LogP contribution is 2.35. The van der Waals surface area contributed by atoms with E-state index in [9.17, 15) is 4.79 Å². The Bertz CT molecular complexity index is 979. The van der Waals surface area contributed by atoms with E-state index in [2.05, 4.69) is 27.4 Å². The Hall–Kier alpha value is -2.67. The summed E-state index contributed by atoms with van der Waals surface area (Å²) in [6.07, 6.45) is 4.17. The first-order valence-corrected chi connectivity index (χ1v) is 8.91. The minimum absolute atomic E-state index is 0.124. The number of hydrogen-bond acceptors (Lipinski definition) is 6. The van der Waals surface area contributed by atoms with Crippen LogP contribution in [-0.4, -0.2) is 27.8 Å². The zero-order chi connectivity index (χ0) is 18.1. The average molecular weight is 354 g/mol. The summed E-state index contributed by atoms with van der Waals surface area (Å²) >= 11 is 0. The van der Waals surface area contributed by atoms with Crippen molar-refractivity contribution in [3.63, 3.8) is 0 Å². The number of nitrogens with zero attached hydrogens (tertiary/aromatic N) is 2. The van der Waals surface area contributed by atoms with Gasteiger partial charge in [0.05, 0.1) is 11.9 Å². The molecule has 1 aliphatic carbocycles. The number of nitrogens with one attached hydrogen (secondary N) is 2. The highest BCUT2D eigenvalue weighted by atomic mass is 16.5. The summed E-state index contributed by atoms with van der Waals surface area (Å²) in [7, 11) is 0. The second-order valence-electron chi connectivity index (χ2n) is 6.86. The lowest BCUT2D eigenvalue weighted by Crippen LogP contribution is -2.31. The smallest absolute Gasteiger partial charge is 0.339 e. The number of rotatable bonds is 6. The fraction of sp³-hybridized carbons (Fsp3) is 0.421. The van der Waals surface area contributed by atoms with Gasteiger partial charge < -0.3 is 14.5 Å². The van der Waals surface area contributed by atoms with Gasteiger partial charge in [0.25, 0.3) is 0 Å². The van der Waals surface area contributed by atoms with Crippen LogP contribution in [0.5, 0.6) is 5.75 Å². The van der Waals surface area contributed by atoms with Crippen molar-refractivity contribution in [1.82, 2.24) is 20.5 Å². The van der Waals surface area contributed by atoms with Crippen molar-refractivity contribution in [3.05, 3.63) is 51.4 Å². The number of benzene rings is 1. The van der Waals surface area contributed by atoms with Gasteiger partial charge in [0.15, 0.2) is 0 Å². The van der Waals surface area contributed by atoms with Crippen LogP contribution >= 0.6 is 0 Å². The van der Waals surface area contributed by atoms with Gasteiger partial charge >= 0.3 is 5.63 Å². The van der Waals surface area contributed by atoms with E-state index in [1.54, 1.807) is 0 Å². The Labute approximate surface area is 150 Å². The van der Waals surface area contributed by atoms with Crippen molar-refractivity contribution in [2.75, 3.05) is 6.61 Å². The molecule has 0 fully saturated rings. The predicted molar refractivity (Wildman–Crippen MR) is 97.4 cm³/mol. The van der Waals surface area contributed by atoms with Crippen LogP contribution in [0, 0.1) is 6.92 Å². The zero-order valence-electron chi connectivity index (χ0n) is 15.0. The summed E-state index contributed by atoms with van der Waals surface area (Å²) < 4.78 is 11.7. The number of H-pyrrole nitrogens is 1. The van der Waals surface area contributed by atoms with Crippen molar-refractivity contribution >= 4 is 11.0 Å². The number of fused-ring (bicyclic) bond motifs is 3. The van der Waals surface area contributed by atoms with Crippen LogP contribution in [0.2, 0.25) is 0 Å². The first kappa shape index (κ1) is 16.8. The fourth-order valence-corrected chi connectivity index (χ4v) is 3.48. The third kappa shape index (κ3) is 3.22. The van der Waals surface area contributed by atoms with E-state index in [-0.39, 0.29) is 11.7 Å². The molecule has 26 heavy (non-hydrogen) atoms. The summed E-state index contributed by atoms with van der Waals surface area (Å²) in [5.41, 5.74) is 3.32. The summed E-state index contributed by atoms with van der Waals surface area (Å²) in [5, 5.41) is 11.0. The molecule has 0 saturated carbocycles. The van der Waals surface area contributed by atoms with Crippen molar-refractivity contribution < 1.29 is 9.15 Å². The standard InChI is InChI=1S/C19H22N4O3/c1-11-6-15(25-9-12(2)20-8-17-21-10-22-23-17)18-13-4-3-5-14(13)19(24)26-16(18)7-11/h6-7,10,12,20H,3-5,8-9H2,1-2H3,(H,21,22,23). The summed E-state index contributed by atoms with van der Waals surface area (Å²) in [4.78, 5) is 16.3. The zero-order valence-corrected chi connectivity index (χ0v) is 15.0. The Balaban J connectivity index is 1.56. The van der Waals surface area contributed by atoms with E-state index < -0.39 is 0 Å². The quantitative estimate of drug-likeness (QED) is 0.660. The summed E-state index contributed by atoms with van der Waals surface area (Å²) in [6, 6.07) is 4.05. The third-order valence-corrected chi connectivity index (χ3v) is 4.75. The maximum absolute atomic E-state index is 12.2. The molecule has 7 heteroatoms. The number of aryl methyl sites for hydroxylation is 2. The molecule has 7 nitrogen and oxygen atoms in total. The maximum atomic E-state index is 12.2. The van der Waals surface area contributed by atoms with Gasteiger partial charge in [0, 0.05) is 11.6 Å². The van der Waals surface area contributed by atoms with E-state index in [1.165, 1.54) is 6.33 Å². The third-order valence-electron chi connectivity index (χ3n) is 4.75. The SMILES string of the molecule is Cc1cc(OCC(C)NCc2ncn[nH]2)c2c3c(c(=O)oc2c1)CCC3. The number of aromatic amines is 1. The number of ether oxygens (including phenoxy) is 1. The highest BCUT2D eigenvalue weighted by Gasteiger charge is 2.22. The largest absolute Gasteiger partial charge is 0.491 e. The second-order valence-corrected chi connectivity index (χ2v) is 6.86. The monoisotopic (exact) mass is 354 g/mol. The van der Waals surface area contributed by atoms with E-state index >= 15 is 0 Å². The molecule has 0 amide bonds. The molecule has 2 heterocycles. The van der Waals surface area contributed by atoms with Crippen LogP contribution in [-0.2, 0) is 19.4 Å². The Morgan fingerprint density at radius 3 is 3.00 bits per heavy atom. The Kier molecular flexibility index (Phi) is 4.46. The van der Waals surface area contributed by atoms with Gasteiger partial charge in [-0.15, -0.1) is 0 Å². The molecule has 0 aliphatic heterocycles. The molecule has 0 spiro atoms. The highest BCUT2D eigenvalue weighted by molar-refractivity contribution is 5.88. The van der Waals surface area contributed by atoms with Gasteiger partial charge in [-0.2, -0.15) is 5.10 Å². The molecule has 136 valence electrons. The second kappa shape index (κ2) is 6.92. The van der Waals surface area contributed by atoms with E-state index in [0.717, 1.165) is 52.9 Å². The van der Waals surface area contributed by atoms with E-state index in [4.69, 9.17) is 9.15 Å². The van der Waals surface area contributed by atoms with E-state index in [0.29, 0.717) is 18.7 Å². The lowest BCUT2D eigenvalue weighted by molar-refractivity contribution is 0.274. The summed E-state index contributed by atoms with van der Waals surface area (Å²) in [5.74, 6) is 1.58. The van der Waals surface area contributed by atoms with Crippen LogP contribution in [0.25, 0.3) is 11.0 Å². The van der Waals surface area contributed by atoms with Gasteiger partial charge in [-0.3, -0.25) is 5.10 Å². The van der Waals surface area contributed by atoms with Gasteiger partial charge in [-0.25, -0.2) is 9.78 Å². The van der Waals surface area contributed by atoms with Crippen molar-refractivity contribution in [2.24, 2.45) is 0 Å². The molecule has 1 unspecified atom stereocenters. The van der Waals surface area contributed by atoms with Crippen molar-refractivity contribution in [2.45, 2.75) is 45.7 Å². The molecule has 2 N–H and O–H groups in total. The predicted octanol–water partition coefficient (Wildman–Crippen LogP) is 2.27. The first-order valence-electron chi connectivity index (χ1n) is 8.91. The van der Waals surface area contributed by atoms with Crippen molar-refractivity contribution in [1.29, 1.82) is 0 Å². The van der Waals surface area contributed by atoms with Gasteiger partial charge in [0.2, 0.25) is 0 Å². The molecule has 0 radical (unpaired) electrons. The van der Waals surface area contributed by atoms with E-state index in [1.807, 2.05) is 19.1 Å². The van der Waals surface area contributed by atoms with Crippen molar-refractivity contribution in [3.8, 4) is 5.75 Å².